The van der Waals surface area contributed by atoms with Crippen molar-refractivity contribution in [2.75, 3.05) is 0 Å². The number of benzene rings is 1. The number of halogens is 2. The quantitative estimate of drug-likeness (QED) is 0.778. The zero-order chi connectivity index (χ0) is 13.3. The highest BCUT2D eigenvalue weighted by molar-refractivity contribution is 7.13. The number of aromatic nitrogens is 1. The molecule has 5 heteroatoms. The second-order valence-corrected chi connectivity index (χ2v) is 5.92. The maximum Gasteiger partial charge on any atom is 0.171 e. The van der Waals surface area contributed by atoms with Crippen LogP contribution in [0.4, 0.5) is 0 Å². The number of Topliss-reactive ketones (excluding diaryl/α,β-unsaturated/α-hetero) is 1. The Bertz CT molecular complexity index is 607. The molecule has 0 aliphatic rings. The van der Waals surface area contributed by atoms with Crippen LogP contribution in [0.3, 0.4) is 0 Å². The second kappa shape index (κ2) is 5.39. The molecule has 2 nitrogen and oxygen atoms in total. The van der Waals surface area contributed by atoms with Gasteiger partial charge in [-0.1, -0.05) is 29.3 Å². The maximum atomic E-state index is 11.4. The Kier molecular flexibility index (Phi) is 4.05. The molecule has 1 heterocycles. The van der Waals surface area contributed by atoms with Crippen molar-refractivity contribution >= 4 is 40.3 Å². The van der Waals surface area contributed by atoms with E-state index in [1.165, 1.54) is 11.3 Å². The minimum absolute atomic E-state index is 0.0541. The van der Waals surface area contributed by atoms with Crippen LogP contribution in [0.25, 0.3) is 0 Å². The molecule has 0 bridgehead atoms. The van der Waals surface area contributed by atoms with E-state index in [9.17, 15) is 4.79 Å². The molecular formula is C13H11Cl2NOS. The number of carbonyl (C=O) groups excluding carboxylic acids is 1. The standard InChI is InChI=1S/C13H11Cl2NOS/c1-7-13(8(2)17)18-12(16-7)5-9-3-4-10(14)6-11(9)15/h3-4,6H,5H2,1-2H3. The predicted molar refractivity (Wildman–Crippen MR) is 76.1 cm³/mol. The molecule has 0 unspecified atom stereocenters. The largest absolute Gasteiger partial charge is 0.294 e. The van der Waals surface area contributed by atoms with E-state index in [0.717, 1.165) is 21.1 Å². The van der Waals surface area contributed by atoms with Crippen molar-refractivity contribution < 1.29 is 4.79 Å². The number of ketones is 1. The summed E-state index contributed by atoms with van der Waals surface area (Å²) in [6.45, 7) is 3.40. The van der Waals surface area contributed by atoms with Crippen LogP contribution in [-0.4, -0.2) is 10.8 Å². The SMILES string of the molecule is CC(=O)c1sc(Cc2ccc(Cl)cc2Cl)nc1C. The summed E-state index contributed by atoms with van der Waals surface area (Å²) < 4.78 is 0. The highest BCUT2D eigenvalue weighted by atomic mass is 35.5. The zero-order valence-corrected chi connectivity index (χ0v) is 12.3. The Labute approximate surface area is 120 Å². The fourth-order valence-electron chi connectivity index (χ4n) is 1.68. The van der Waals surface area contributed by atoms with Gasteiger partial charge in [-0.2, -0.15) is 0 Å². The van der Waals surface area contributed by atoms with Gasteiger partial charge in [-0.25, -0.2) is 4.98 Å². The van der Waals surface area contributed by atoms with Gasteiger partial charge in [0.1, 0.15) is 0 Å². The Morgan fingerprint density at radius 2 is 2.11 bits per heavy atom. The molecule has 0 saturated carbocycles. The Hall–Kier alpha value is -0.900. The van der Waals surface area contributed by atoms with Crippen LogP contribution < -0.4 is 0 Å². The number of nitrogens with zero attached hydrogens (tertiary/aromatic N) is 1. The fourth-order valence-corrected chi connectivity index (χ4v) is 3.14. The number of carbonyl (C=O) groups is 1. The molecule has 0 saturated heterocycles. The van der Waals surface area contributed by atoms with E-state index in [-0.39, 0.29) is 5.78 Å². The Morgan fingerprint density at radius 3 is 2.67 bits per heavy atom. The molecule has 0 radical (unpaired) electrons. The van der Waals surface area contributed by atoms with Gasteiger partial charge in [0.25, 0.3) is 0 Å². The summed E-state index contributed by atoms with van der Waals surface area (Å²) in [6, 6.07) is 5.40. The Morgan fingerprint density at radius 1 is 1.39 bits per heavy atom. The first-order chi connectivity index (χ1) is 8.47. The van der Waals surface area contributed by atoms with Gasteiger partial charge >= 0.3 is 0 Å². The molecule has 0 spiro atoms. The molecule has 2 rings (SSSR count). The molecule has 2 aromatic rings. The van der Waals surface area contributed by atoms with Crippen molar-refractivity contribution in [3.63, 3.8) is 0 Å². The lowest BCUT2D eigenvalue weighted by molar-refractivity contribution is 0.102. The summed E-state index contributed by atoms with van der Waals surface area (Å²) in [7, 11) is 0. The topological polar surface area (TPSA) is 30.0 Å². The van der Waals surface area contributed by atoms with E-state index >= 15 is 0 Å². The van der Waals surface area contributed by atoms with Crippen LogP contribution in [0.1, 0.15) is 32.9 Å². The summed E-state index contributed by atoms with van der Waals surface area (Å²) >= 11 is 13.4. The van der Waals surface area contributed by atoms with Crippen molar-refractivity contribution in [2.24, 2.45) is 0 Å². The lowest BCUT2D eigenvalue weighted by atomic mass is 10.1. The summed E-state index contributed by atoms with van der Waals surface area (Å²) in [6.07, 6.45) is 0.620. The first-order valence-electron chi connectivity index (χ1n) is 5.38. The summed E-state index contributed by atoms with van der Waals surface area (Å²) in [5.74, 6) is 0.0541. The van der Waals surface area contributed by atoms with Gasteiger partial charge in [-0.15, -0.1) is 11.3 Å². The normalized spacial score (nSPS) is 10.7. The van der Waals surface area contributed by atoms with E-state index in [1.807, 2.05) is 13.0 Å². The molecule has 0 amide bonds. The van der Waals surface area contributed by atoms with Crippen molar-refractivity contribution in [3.8, 4) is 0 Å². The van der Waals surface area contributed by atoms with Gasteiger partial charge in [-0.3, -0.25) is 4.79 Å². The van der Waals surface area contributed by atoms with Gasteiger partial charge < -0.3 is 0 Å². The molecule has 94 valence electrons. The number of thiazole rings is 1. The van der Waals surface area contributed by atoms with Crippen molar-refractivity contribution in [1.29, 1.82) is 0 Å². The van der Waals surface area contributed by atoms with Gasteiger partial charge in [0.05, 0.1) is 15.6 Å². The zero-order valence-electron chi connectivity index (χ0n) is 9.96. The third kappa shape index (κ3) is 2.91. The van der Waals surface area contributed by atoms with Gasteiger partial charge in [0, 0.05) is 23.4 Å². The van der Waals surface area contributed by atoms with Crippen molar-refractivity contribution in [3.05, 3.63) is 49.4 Å². The van der Waals surface area contributed by atoms with E-state index in [4.69, 9.17) is 23.2 Å². The number of aryl methyl sites for hydroxylation is 1. The van der Waals surface area contributed by atoms with E-state index < -0.39 is 0 Å². The van der Waals surface area contributed by atoms with E-state index in [0.29, 0.717) is 16.5 Å². The first kappa shape index (κ1) is 13.5. The van der Waals surface area contributed by atoms with E-state index in [2.05, 4.69) is 4.98 Å². The third-order valence-electron chi connectivity index (χ3n) is 2.52. The van der Waals surface area contributed by atoms with Crippen LogP contribution in [0.5, 0.6) is 0 Å². The van der Waals surface area contributed by atoms with Crippen LogP contribution in [-0.2, 0) is 6.42 Å². The smallest absolute Gasteiger partial charge is 0.171 e. The average Bonchev–Trinajstić information content (AvgIpc) is 2.64. The average molecular weight is 300 g/mol. The molecule has 0 atom stereocenters. The summed E-state index contributed by atoms with van der Waals surface area (Å²) in [5, 5.41) is 2.13. The minimum Gasteiger partial charge on any atom is -0.294 e. The van der Waals surface area contributed by atoms with Gasteiger partial charge in [-0.05, 0) is 24.6 Å². The lowest BCUT2D eigenvalue weighted by Gasteiger charge is -2.01. The fraction of sp³-hybridized carbons (Fsp3) is 0.231. The first-order valence-corrected chi connectivity index (χ1v) is 6.96. The minimum atomic E-state index is 0.0541. The lowest BCUT2D eigenvalue weighted by Crippen LogP contribution is -1.90. The summed E-state index contributed by atoms with van der Waals surface area (Å²) in [5.41, 5.74) is 1.75. The molecule has 1 aromatic carbocycles. The monoisotopic (exact) mass is 299 g/mol. The molecule has 0 aliphatic heterocycles. The molecule has 0 fully saturated rings. The Balaban J connectivity index is 2.29. The molecule has 18 heavy (non-hydrogen) atoms. The maximum absolute atomic E-state index is 11.4. The molecule has 0 aliphatic carbocycles. The third-order valence-corrected chi connectivity index (χ3v) is 4.36. The van der Waals surface area contributed by atoms with Crippen molar-refractivity contribution in [2.45, 2.75) is 20.3 Å². The van der Waals surface area contributed by atoms with Crippen LogP contribution in [0.15, 0.2) is 18.2 Å². The second-order valence-electron chi connectivity index (χ2n) is 3.99. The number of hydrogen-bond acceptors (Lipinski definition) is 3. The van der Waals surface area contributed by atoms with Gasteiger partial charge in [0.2, 0.25) is 0 Å². The number of hydrogen-bond donors (Lipinski definition) is 0. The molecule has 1 aromatic heterocycles. The highest BCUT2D eigenvalue weighted by Gasteiger charge is 2.12. The molecular weight excluding hydrogens is 289 g/mol. The summed E-state index contributed by atoms with van der Waals surface area (Å²) in [4.78, 5) is 16.5. The van der Waals surface area contributed by atoms with Crippen molar-refractivity contribution in [1.82, 2.24) is 4.98 Å². The predicted octanol–water partition coefficient (Wildman–Crippen LogP) is 4.55. The van der Waals surface area contributed by atoms with Crippen LogP contribution in [0.2, 0.25) is 10.0 Å². The van der Waals surface area contributed by atoms with Crippen LogP contribution >= 0.6 is 34.5 Å². The van der Waals surface area contributed by atoms with Gasteiger partial charge in [0.15, 0.2) is 5.78 Å². The van der Waals surface area contributed by atoms with Crippen LogP contribution in [0, 0.1) is 6.92 Å². The molecule has 0 N–H and O–H groups in total. The highest BCUT2D eigenvalue weighted by Crippen LogP contribution is 2.26. The van der Waals surface area contributed by atoms with E-state index in [1.54, 1.807) is 19.1 Å². The number of rotatable bonds is 3.